The number of likely N-dealkylation sites (tertiary alicyclic amines) is 1. The summed E-state index contributed by atoms with van der Waals surface area (Å²) in [4.78, 5) is 24.2. The fourth-order valence-corrected chi connectivity index (χ4v) is 4.67. The highest BCUT2D eigenvalue weighted by Gasteiger charge is 2.28. The van der Waals surface area contributed by atoms with Crippen LogP contribution >= 0.6 is 0 Å². The van der Waals surface area contributed by atoms with Gasteiger partial charge in [-0.05, 0) is 38.0 Å². The molecule has 0 saturated carbocycles. The summed E-state index contributed by atoms with van der Waals surface area (Å²) in [6, 6.07) is 15.9. The van der Waals surface area contributed by atoms with E-state index in [1.165, 1.54) is 0 Å². The van der Waals surface area contributed by atoms with Crippen LogP contribution < -0.4 is 4.74 Å². The van der Waals surface area contributed by atoms with Gasteiger partial charge in [0.1, 0.15) is 23.9 Å². The van der Waals surface area contributed by atoms with E-state index in [2.05, 4.69) is 9.97 Å². The fourth-order valence-electron chi connectivity index (χ4n) is 4.67. The number of imidazole rings is 1. The maximum absolute atomic E-state index is 13.2. The first-order valence-corrected chi connectivity index (χ1v) is 11.4. The van der Waals surface area contributed by atoms with E-state index in [-0.39, 0.29) is 11.8 Å². The quantitative estimate of drug-likeness (QED) is 0.442. The Kier molecular flexibility index (Phi) is 5.86. The molecular formula is C26H28N4O3. The number of hydrogen-bond acceptors (Lipinski definition) is 5. The summed E-state index contributed by atoms with van der Waals surface area (Å²) in [5, 5.41) is 0. The molecule has 0 bridgehead atoms. The van der Waals surface area contributed by atoms with Gasteiger partial charge < -0.3 is 18.6 Å². The normalized spacial score (nSPS) is 16.3. The second-order valence-electron chi connectivity index (χ2n) is 8.57. The van der Waals surface area contributed by atoms with Crippen LogP contribution in [0.3, 0.4) is 0 Å². The van der Waals surface area contributed by atoms with Gasteiger partial charge in [-0.2, -0.15) is 0 Å². The molecular weight excluding hydrogens is 416 g/mol. The first-order valence-electron chi connectivity index (χ1n) is 11.4. The number of para-hydroxylation sites is 3. The number of oxazole rings is 1. The number of ether oxygens (including phenoxy) is 1. The van der Waals surface area contributed by atoms with Crippen LogP contribution in [-0.4, -0.2) is 45.5 Å². The molecule has 2 aromatic carbocycles. The largest absolute Gasteiger partial charge is 0.496 e. The molecule has 1 unspecified atom stereocenters. The maximum atomic E-state index is 13.2. The molecule has 1 aliphatic heterocycles. The summed E-state index contributed by atoms with van der Waals surface area (Å²) in [7, 11) is 1.67. The molecule has 0 N–H and O–H groups in total. The predicted molar refractivity (Wildman–Crippen MR) is 125 cm³/mol. The molecule has 5 rings (SSSR count). The van der Waals surface area contributed by atoms with Crippen molar-refractivity contribution >= 4 is 16.9 Å². The van der Waals surface area contributed by atoms with Crippen molar-refractivity contribution in [2.24, 2.45) is 0 Å². The van der Waals surface area contributed by atoms with Gasteiger partial charge in [-0.3, -0.25) is 4.79 Å². The lowest BCUT2D eigenvalue weighted by atomic mass is 9.98. The second-order valence-corrected chi connectivity index (χ2v) is 8.57. The van der Waals surface area contributed by atoms with Crippen LogP contribution in [0.4, 0.5) is 0 Å². The van der Waals surface area contributed by atoms with Gasteiger partial charge in [-0.1, -0.05) is 30.3 Å². The zero-order valence-electron chi connectivity index (χ0n) is 19.0. The molecule has 0 spiro atoms. The Bertz CT molecular complexity index is 1280. The Balaban J connectivity index is 1.27. The lowest BCUT2D eigenvalue weighted by Crippen LogP contribution is -2.41. The van der Waals surface area contributed by atoms with Gasteiger partial charge in [0.2, 0.25) is 5.91 Å². The van der Waals surface area contributed by atoms with E-state index in [0.717, 1.165) is 53.3 Å². The molecule has 7 nitrogen and oxygen atoms in total. The number of rotatable bonds is 6. The Morgan fingerprint density at radius 2 is 2.00 bits per heavy atom. The minimum Gasteiger partial charge on any atom is -0.496 e. The third-order valence-corrected chi connectivity index (χ3v) is 6.39. The first kappa shape index (κ1) is 21.2. The van der Waals surface area contributed by atoms with Crippen LogP contribution in [0.15, 0.2) is 59.1 Å². The number of amides is 1. The average Bonchev–Trinajstić information content (AvgIpc) is 3.44. The summed E-state index contributed by atoms with van der Waals surface area (Å²) in [5.74, 6) is 3.42. The lowest BCUT2D eigenvalue weighted by Gasteiger charge is -2.31. The van der Waals surface area contributed by atoms with Gasteiger partial charge in [-0.25, -0.2) is 9.97 Å². The minimum absolute atomic E-state index is 0.103. The SMILES string of the molecule is COc1ccccc1Cc1cnc(C2CCCN(C(=O)Cn3c(C)nc4ccccc43)C2)o1. The summed E-state index contributed by atoms with van der Waals surface area (Å²) in [6.07, 6.45) is 4.32. The Hall–Kier alpha value is -3.61. The highest BCUT2D eigenvalue weighted by molar-refractivity contribution is 5.81. The monoisotopic (exact) mass is 444 g/mol. The Labute approximate surface area is 193 Å². The number of carbonyl (C=O) groups excluding carboxylic acids is 1. The molecule has 1 amide bonds. The third-order valence-electron chi connectivity index (χ3n) is 6.39. The smallest absolute Gasteiger partial charge is 0.242 e. The number of carbonyl (C=O) groups is 1. The molecule has 1 fully saturated rings. The van der Waals surface area contributed by atoms with Crippen molar-refractivity contribution in [2.75, 3.05) is 20.2 Å². The molecule has 4 aromatic rings. The number of benzene rings is 2. The molecule has 3 heterocycles. The van der Waals surface area contributed by atoms with Gasteiger partial charge in [0, 0.05) is 25.1 Å². The van der Waals surface area contributed by atoms with E-state index in [9.17, 15) is 4.79 Å². The predicted octanol–water partition coefficient (Wildman–Crippen LogP) is 4.34. The van der Waals surface area contributed by atoms with Gasteiger partial charge in [0.15, 0.2) is 5.89 Å². The fraction of sp³-hybridized carbons (Fsp3) is 0.346. The number of nitrogens with zero attached hydrogens (tertiary/aromatic N) is 4. The van der Waals surface area contributed by atoms with Crippen LogP contribution in [0.5, 0.6) is 5.75 Å². The second kappa shape index (κ2) is 9.10. The number of piperidine rings is 1. The van der Waals surface area contributed by atoms with Gasteiger partial charge >= 0.3 is 0 Å². The van der Waals surface area contributed by atoms with Crippen molar-refractivity contribution in [2.45, 2.75) is 38.6 Å². The van der Waals surface area contributed by atoms with Crippen molar-refractivity contribution in [3.05, 3.63) is 77.8 Å². The molecule has 7 heteroatoms. The van der Waals surface area contributed by atoms with Gasteiger partial charge in [0.25, 0.3) is 0 Å². The minimum atomic E-state index is 0.103. The number of methoxy groups -OCH3 is 1. The molecule has 2 aromatic heterocycles. The van der Waals surface area contributed by atoms with Crippen molar-refractivity contribution in [1.29, 1.82) is 0 Å². The Morgan fingerprint density at radius 3 is 2.88 bits per heavy atom. The van der Waals surface area contributed by atoms with Crippen molar-refractivity contribution in [3.63, 3.8) is 0 Å². The molecule has 1 saturated heterocycles. The maximum Gasteiger partial charge on any atom is 0.242 e. The molecule has 0 radical (unpaired) electrons. The Morgan fingerprint density at radius 1 is 1.18 bits per heavy atom. The summed E-state index contributed by atoms with van der Waals surface area (Å²) < 4.78 is 13.6. The van der Waals surface area contributed by atoms with Crippen molar-refractivity contribution < 1.29 is 13.9 Å². The summed E-state index contributed by atoms with van der Waals surface area (Å²) in [5.41, 5.74) is 2.97. The van der Waals surface area contributed by atoms with E-state index in [1.807, 2.05) is 64.9 Å². The molecule has 170 valence electrons. The highest BCUT2D eigenvalue weighted by atomic mass is 16.5. The van der Waals surface area contributed by atoms with Crippen LogP contribution in [0.2, 0.25) is 0 Å². The van der Waals surface area contributed by atoms with E-state index >= 15 is 0 Å². The van der Waals surface area contributed by atoms with Gasteiger partial charge in [0.05, 0.1) is 30.3 Å². The van der Waals surface area contributed by atoms with E-state index < -0.39 is 0 Å². The van der Waals surface area contributed by atoms with Crippen molar-refractivity contribution in [3.8, 4) is 5.75 Å². The molecule has 0 aliphatic carbocycles. The van der Waals surface area contributed by atoms with Gasteiger partial charge in [-0.15, -0.1) is 0 Å². The average molecular weight is 445 g/mol. The third kappa shape index (κ3) is 4.35. The number of aryl methyl sites for hydroxylation is 1. The van der Waals surface area contributed by atoms with E-state index in [4.69, 9.17) is 9.15 Å². The molecule has 1 aliphatic rings. The van der Waals surface area contributed by atoms with Crippen molar-refractivity contribution in [1.82, 2.24) is 19.4 Å². The first-order chi connectivity index (χ1) is 16.1. The highest BCUT2D eigenvalue weighted by Crippen LogP contribution is 2.29. The summed E-state index contributed by atoms with van der Waals surface area (Å²) in [6.45, 7) is 3.63. The number of hydrogen-bond donors (Lipinski definition) is 0. The lowest BCUT2D eigenvalue weighted by molar-refractivity contribution is -0.133. The van der Waals surface area contributed by atoms with E-state index in [0.29, 0.717) is 25.4 Å². The standard InChI is InChI=1S/C26H28N4O3/c1-18-28-22-10-4-5-11-23(22)30(18)17-25(31)29-13-7-9-20(16-29)26-27-15-21(33-26)14-19-8-3-6-12-24(19)32-2/h3-6,8,10-12,15,20H,7,9,13-14,16-17H2,1-2H3. The van der Waals surface area contributed by atoms with E-state index in [1.54, 1.807) is 13.3 Å². The molecule has 33 heavy (non-hydrogen) atoms. The molecule has 1 atom stereocenters. The van der Waals surface area contributed by atoms with Crippen LogP contribution in [0.25, 0.3) is 11.0 Å². The summed E-state index contributed by atoms with van der Waals surface area (Å²) >= 11 is 0. The topological polar surface area (TPSA) is 73.4 Å². The zero-order chi connectivity index (χ0) is 22.8. The number of fused-ring (bicyclic) bond motifs is 1. The van der Waals surface area contributed by atoms with Crippen LogP contribution in [0.1, 0.15) is 41.8 Å². The van der Waals surface area contributed by atoms with Crippen LogP contribution in [-0.2, 0) is 17.8 Å². The number of aromatic nitrogens is 3. The van der Waals surface area contributed by atoms with Crippen LogP contribution in [0, 0.1) is 6.92 Å². The zero-order valence-corrected chi connectivity index (χ0v) is 19.0.